The van der Waals surface area contributed by atoms with Crippen molar-refractivity contribution in [2.24, 2.45) is 0 Å². The van der Waals surface area contributed by atoms with Gasteiger partial charge in [-0.25, -0.2) is 17.5 Å². The number of hydrogen-bond acceptors (Lipinski definition) is 6. The second-order valence-electron chi connectivity index (χ2n) is 6.18. The predicted octanol–water partition coefficient (Wildman–Crippen LogP) is 1.67. The van der Waals surface area contributed by atoms with Crippen LogP contribution >= 0.6 is 0 Å². The minimum atomic E-state index is -4.14. The number of anilines is 1. The molecule has 0 aromatic heterocycles. The fourth-order valence-corrected chi connectivity index (χ4v) is 4.85. The maximum absolute atomic E-state index is 13.0. The van der Waals surface area contributed by atoms with Crippen LogP contribution in [0.3, 0.4) is 0 Å². The van der Waals surface area contributed by atoms with Crippen LogP contribution in [0.5, 0.6) is 0 Å². The highest BCUT2D eigenvalue weighted by Gasteiger charge is 2.46. The molecule has 0 aliphatic carbocycles. The lowest BCUT2D eigenvalue weighted by molar-refractivity contribution is -0.121. The summed E-state index contributed by atoms with van der Waals surface area (Å²) in [6.07, 6.45) is 0. The van der Waals surface area contributed by atoms with E-state index in [4.69, 9.17) is 4.74 Å². The first-order valence-electron chi connectivity index (χ1n) is 8.34. The van der Waals surface area contributed by atoms with Gasteiger partial charge in [-0.15, -0.1) is 0 Å². The number of para-hydroxylation sites is 1. The second kappa shape index (κ2) is 7.08. The average molecular weight is 402 g/mol. The molecule has 9 heteroatoms. The zero-order valence-corrected chi connectivity index (χ0v) is 16.3. The smallest absolute Gasteiger partial charge is 0.339 e. The molecule has 1 aliphatic rings. The van der Waals surface area contributed by atoms with Crippen LogP contribution in [0.1, 0.15) is 27.6 Å². The minimum absolute atomic E-state index is 0.0276. The van der Waals surface area contributed by atoms with Gasteiger partial charge in [0.15, 0.2) is 0 Å². The van der Waals surface area contributed by atoms with Gasteiger partial charge in [0.2, 0.25) is 5.91 Å². The van der Waals surface area contributed by atoms with E-state index in [1.165, 1.54) is 51.4 Å². The van der Waals surface area contributed by atoms with Crippen LogP contribution in [-0.4, -0.2) is 50.7 Å². The van der Waals surface area contributed by atoms with Crippen molar-refractivity contribution in [1.82, 2.24) is 4.31 Å². The number of sulfonamides is 1. The highest BCUT2D eigenvalue weighted by molar-refractivity contribution is 7.90. The number of benzene rings is 2. The van der Waals surface area contributed by atoms with Crippen molar-refractivity contribution in [3.8, 4) is 0 Å². The van der Waals surface area contributed by atoms with Gasteiger partial charge < -0.3 is 9.64 Å². The van der Waals surface area contributed by atoms with Crippen molar-refractivity contribution < 1.29 is 27.5 Å². The molecule has 28 heavy (non-hydrogen) atoms. The number of methoxy groups -OCH3 is 1. The Hall–Kier alpha value is -3.20. The Morgan fingerprint density at radius 3 is 2.32 bits per heavy atom. The van der Waals surface area contributed by atoms with Gasteiger partial charge in [0.05, 0.1) is 23.9 Å². The molecular weight excluding hydrogens is 384 g/mol. The van der Waals surface area contributed by atoms with E-state index < -0.39 is 33.8 Å². The maximum Gasteiger partial charge on any atom is 0.339 e. The van der Waals surface area contributed by atoms with Gasteiger partial charge >= 0.3 is 5.97 Å². The molecule has 0 saturated heterocycles. The number of fused-ring (bicyclic) bond motifs is 1. The molecule has 3 rings (SSSR count). The third-order valence-corrected chi connectivity index (χ3v) is 6.48. The van der Waals surface area contributed by atoms with Crippen LogP contribution in [0, 0.1) is 0 Å². The number of ether oxygens (including phenoxy) is 1. The molecule has 0 unspecified atom stereocenters. The monoisotopic (exact) mass is 402 g/mol. The summed E-state index contributed by atoms with van der Waals surface area (Å²) in [4.78, 5) is 38.6. The van der Waals surface area contributed by atoms with Crippen molar-refractivity contribution >= 4 is 33.5 Å². The summed E-state index contributed by atoms with van der Waals surface area (Å²) in [6, 6.07) is 10.8. The molecule has 0 bridgehead atoms. The Bertz CT molecular complexity index is 1080. The van der Waals surface area contributed by atoms with Gasteiger partial charge in [-0.1, -0.05) is 24.3 Å². The number of carbonyl (C=O) groups is 3. The number of nitrogens with zero attached hydrogens (tertiary/aromatic N) is 2. The Balaban J connectivity index is 1.97. The summed E-state index contributed by atoms with van der Waals surface area (Å²) in [5.41, 5.74) is 0.416. The third kappa shape index (κ3) is 2.93. The van der Waals surface area contributed by atoms with Crippen LogP contribution in [0.4, 0.5) is 5.69 Å². The molecule has 1 atom stereocenters. The van der Waals surface area contributed by atoms with Crippen molar-refractivity contribution in [2.75, 3.05) is 19.1 Å². The largest absolute Gasteiger partial charge is 0.465 e. The van der Waals surface area contributed by atoms with Crippen LogP contribution < -0.4 is 4.90 Å². The zero-order chi connectivity index (χ0) is 20.6. The highest BCUT2D eigenvalue weighted by Crippen LogP contribution is 2.32. The van der Waals surface area contributed by atoms with Crippen molar-refractivity contribution in [3.05, 3.63) is 59.7 Å². The van der Waals surface area contributed by atoms with Gasteiger partial charge in [-0.3, -0.25) is 9.59 Å². The molecule has 8 nitrogen and oxygen atoms in total. The van der Waals surface area contributed by atoms with Crippen LogP contribution in [0.15, 0.2) is 53.4 Å². The lowest BCUT2D eigenvalue weighted by Crippen LogP contribution is -2.48. The quantitative estimate of drug-likeness (QED) is 0.721. The molecule has 1 heterocycles. The minimum Gasteiger partial charge on any atom is -0.465 e. The topological polar surface area (TPSA) is 101 Å². The summed E-state index contributed by atoms with van der Waals surface area (Å²) in [5.74, 6) is -2.06. The highest BCUT2D eigenvalue weighted by atomic mass is 32.2. The van der Waals surface area contributed by atoms with Gasteiger partial charge in [-0.05, 0) is 31.2 Å². The molecule has 0 radical (unpaired) electrons. The van der Waals surface area contributed by atoms with Crippen molar-refractivity contribution in [1.29, 1.82) is 0 Å². The maximum atomic E-state index is 13.0. The molecule has 0 spiro atoms. The van der Waals surface area contributed by atoms with E-state index in [0.717, 1.165) is 4.90 Å². The zero-order valence-electron chi connectivity index (χ0n) is 15.4. The van der Waals surface area contributed by atoms with Crippen LogP contribution in [0.25, 0.3) is 0 Å². The van der Waals surface area contributed by atoms with Crippen molar-refractivity contribution in [3.63, 3.8) is 0 Å². The van der Waals surface area contributed by atoms with Gasteiger partial charge in [-0.2, -0.15) is 0 Å². The van der Waals surface area contributed by atoms with E-state index in [9.17, 15) is 22.8 Å². The molecule has 2 aromatic carbocycles. The summed E-state index contributed by atoms with van der Waals surface area (Å²) >= 11 is 0. The first-order chi connectivity index (χ1) is 13.2. The number of rotatable bonds is 4. The number of esters is 1. The summed E-state index contributed by atoms with van der Waals surface area (Å²) in [5, 5.41) is 0. The summed E-state index contributed by atoms with van der Waals surface area (Å²) in [7, 11) is -1.52. The molecular formula is C19H18N2O6S. The number of likely N-dealkylation sites (N-methyl/N-ethyl adjacent to an activating group) is 1. The van der Waals surface area contributed by atoms with Gasteiger partial charge in [0.1, 0.15) is 10.9 Å². The SMILES string of the molecule is COC(=O)c1ccccc1N(C)C(=O)[C@@H](C)N1C(=O)c2ccccc2S1(=O)=O. The lowest BCUT2D eigenvalue weighted by Gasteiger charge is -2.27. The van der Waals surface area contributed by atoms with E-state index >= 15 is 0 Å². The standard InChI is InChI=1S/C19H18N2O6S/c1-12(21-18(23)14-9-5-7-11-16(14)28(21,25)26)17(22)20(2)15-10-6-4-8-13(15)19(24)27-3/h4-12H,1-3H3/t12-/m1/s1. The number of carbonyl (C=O) groups excluding carboxylic acids is 3. The fraction of sp³-hybridized carbons (Fsp3) is 0.211. The molecule has 1 aliphatic heterocycles. The molecule has 0 saturated carbocycles. The summed E-state index contributed by atoms with van der Waals surface area (Å²) < 4.78 is 30.9. The molecule has 0 fully saturated rings. The van der Waals surface area contributed by atoms with Gasteiger partial charge in [0, 0.05) is 7.05 Å². The molecule has 146 valence electrons. The van der Waals surface area contributed by atoms with Crippen LogP contribution in [0.2, 0.25) is 0 Å². The third-order valence-electron chi connectivity index (χ3n) is 4.56. The molecule has 2 amide bonds. The Morgan fingerprint density at radius 1 is 1.07 bits per heavy atom. The van der Waals surface area contributed by atoms with E-state index in [1.807, 2.05) is 0 Å². The van der Waals surface area contributed by atoms with Crippen molar-refractivity contribution in [2.45, 2.75) is 17.9 Å². The normalized spacial score (nSPS) is 15.7. The molecule has 2 aromatic rings. The Morgan fingerprint density at radius 2 is 1.68 bits per heavy atom. The summed E-state index contributed by atoms with van der Waals surface area (Å²) in [6.45, 7) is 1.33. The average Bonchev–Trinajstić information content (AvgIpc) is 2.91. The van der Waals surface area contributed by atoms with Crippen LogP contribution in [-0.2, 0) is 19.6 Å². The Labute approximate surface area is 162 Å². The first-order valence-corrected chi connectivity index (χ1v) is 9.78. The van der Waals surface area contributed by atoms with E-state index in [2.05, 4.69) is 0 Å². The van der Waals surface area contributed by atoms with E-state index in [1.54, 1.807) is 18.2 Å². The first kappa shape index (κ1) is 19.6. The van der Waals surface area contributed by atoms with E-state index in [-0.39, 0.29) is 21.7 Å². The van der Waals surface area contributed by atoms with E-state index in [0.29, 0.717) is 4.31 Å². The number of hydrogen-bond donors (Lipinski definition) is 0. The molecule has 0 N–H and O–H groups in total. The number of amides is 2. The van der Waals surface area contributed by atoms with Gasteiger partial charge in [0.25, 0.3) is 15.9 Å². The fourth-order valence-electron chi connectivity index (χ4n) is 3.13. The lowest BCUT2D eigenvalue weighted by atomic mass is 10.1. The second-order valence-corrected chi connectivity index (χ2v) is 7.97. The predicted molar refractivity (Wildman–Crippen MR) is 100 cm³/mol. The Kier molecular flexibility index (Phi) is 4.95.